The Morgan fingerprint density at radius 1 is 1.21 bits per heavy atom. The number of anilines is 1. The summed E-state index contributed by atoms with van der Waals surface area (Å²) in [5.74, 6) is -0.469. The average Bonchev–Trinajstić information content (AvgIpc) is 2.70. The van der Waals surface area contributed by atoms with Crippen LogP contribution >= 0.6 is 15.9 Å². The highest BCUT2D eigenvalue weighted by Crippen LogP contribution is 2.23. The Morgan fingerprint density at radius 3 is 2.71 bits per heavy atom. The SMILES string of the molecule is Cc1ccc(NC(=O)NCC2CCCN(C(=O)c3cc(F)ccc3Br)C2)cc1. The maximum atomic E-state index is 13.5. The van der Waals surface area contributed by atoms with E-state index in [0.717, 1.165) is 24.1 Å². The third-order valence-electron chi connectivity index (χ3n) is 4.83. The topological polar surface area (TPSA) is 61.4 Å². The highest BCUT2D eigenvalue weighted by molar-refractivity contribution is 9.10. The standard InChI is InChI=1S/C21H23BrFN3O2/c1-14-4-7-17(8-5-14)25-21(28)24-12-15-3-2-10-26(13-15)20(27)18-11-16(23)6-9-19(18)22/h4-9,11,15H,2-3,10,12-13H2,1H3,(H2,24,25,28). The quantitative estimate of drug-likeness (QED) is 0.720. The Labute approximate surface area is 172 Å². The molecule has 5 nitrogen and oxygen atoms in total. The first-order chi connectivity index (χ1) is 13.4. The number of carbonyl (C=O) groups excluding carboxylic acids is 2. The second kappa shape index (κ2) is 9.19. The molecule has 2 aromatic rings. The molecule has 1 fully saturated rings. The lowest BCUT2D eigenvalue weighted by Crippen LogP contribution is -2.44. The van der Waals surface area contributed by atoms with Crippen LogP contribution in [0, 0.1) is 18.7 Å². The summed E-state index contributed by atoms with van der Waals surface area (Å²) in [6.45, 7) is 3.63. The largest absolute Gasteiger partial charge is 0.338 e. The van der Waals surface area contributed by atoms with Gasteiger partial charge in [-0.05, 0) is 71.9 Å². The van der Waals surface area contributed by atoms with E-state index >= 15 is 0 Å². The Bertz CT molecular complexity index is 857. The van der Waals surface area contributed by atoms with Gasteiger partial charge >= 0.3 is 6.03 Å². The van der Waals surface area contributed by atoms with Crippen molar-refractivity contribution in [1.29, 1.82) is 0 Å². The molecule has 7 heteroatoms. The molecule has 1 saturated heterocycles. The van der Waals surface area contributed by atoms with Gasteiger partial charge in [-0.1, -0.05) is 17.7 Å². The number of nitrogens with one attached hydrogen (secondary N) is 2. The number of aryl methyl sites for hydroxylation is 1. The minimum atomic E-state index is -0.436. The van der Waals surface area contributed by atoms with Crippen LogP contribution in [0.25, 0.3) is 0 Å². The van der Waals surface area contributed by atoms with Crippen molar-refractivity contribution < 1.29 is 14.0 Å². The van der Waals surface area contributed by atoms with Crippen LogP contribution in [-0.2, 0) is 0 Å². The number of amides is 3. The summed E-state index contributed by atoms with van der Waals surface area (Å²) in [7, 11) is 0. The van der Waals surface area contributed by atoms with Crippen LogP contribution in [0.5, 0.6) is 0 Å². The number of nitrogens with zero attached hydrogens (tertiary/aromatic N) is 1. The van der Waals surface area contributed by atoms with E-state index in [-0.39, 0.29) is 17.9 Å². The van der Waals surface area contributed by atoms with Crippen LogP contribution < -0.4 is 10.6 Å². The van der Waals surface area contributed by atoms with E-state index in [4.69, 9.17) is 0 Å². The number of benzene rings is 2. The van der Waals surface area contributed by atoms with Crippen molar-refractivity contribution >= 4 is 33.6 Å². The lowest BCUT2D eigenvalue weighted by Gasteiger charge is -2.33. The summed E-state index contributed by atoms with van der Waals surface area (Å²) in [6.07, 6.45) is 1.78. The van der Waals surface area contributed by atoms with E-state index in [0.29, 0.717) is 29.7 Å². The Balaban J connectivity index is 1.53. The van der Waals surface area contributed by atoms with E-state index in [1.54, 1.807) is 11.0 Å². The van der Waals surface area contributed by atoms with Gasteiger partial charge in [0.25, 0.3) is 5.91 Å². The minimum absolute atomic E-state index is 0.161. The van der Waals surface area contributed by atoms with Gasteiger partial charge in [0.05, 0.1) is 5.56 Å². The van der Waals surface area contributed by atoms with E-state index in [2.05, 4.69) is 26.6 Å². The molecule has 0 bridgehead atoms. The molecule has 0 saturated carbocycles. The first-order valence-electron chi connectivity index (χ1n) is 9.28. The lowest BCUT2D eigenvalue weighted by molar-refractivity contribution is 0.0673. The van der Waals surface area contributed by atoms with Crippen LogP contribution in [0.2, 0.25) is 0 Å². The summed E-state index contributed by atoms with van der Waals surface area (Å²) in [5.41, 5.74) is 2.19. The van der Waals surface area contributed by atoms with Crippen molar-refractivity contribution in [3.63, 3.8) is 0 Å². The lowest BCUT2D eigenvalue weighted by atomic mass is 9.97. The van der Waals surface area contributed by atoms with Gasteiger partial charge in [0.2, 0.25) is 0 Å². The average molecular weight is 448 g/mol. The highest BCUT2D eigenvalue weighted by atomic mass is 79.9. The minimum Gasteiger partial charge on any atom is -0.338 e. The normalized spacial score (nSPS) is 16.5. The second-order valence-corrected chi connectivity index (χ2v) is 7.94. The van der Waals surface area contributed by atoms with Gasteiger partial charge < -0.3 is 15.5 Å². The van der Waals surface area contributed by atoms with Crippen molar-refractivity contribution in [2.24, 2.45) is 5.92 Å². The zero-order valence-electron chi connectivity index (χ0n) is 15.7. The number of hydrogen-bond donors (Lipinski definition) is 2. The fourth-order valence-electron chi connectivity index (χ4n) is 3.30. The molecule has 3 rings (SSSR count). The molecule has 2 N–H and O–H groups in total. The maximum Gasteiger partial charge on any atom is 0.319 e. The van der Waals surface area contributed by atoms with Crippen molar-refractivity contribution in [3.05, 3.63) is 63.9 Å². The fourth-order valence-corrected chi connectivity index (χ4v) is 3.71. The van der Waals surface area contributed by atoms with Crippen LogP contribution in [0.3, 0.4) is 0 Å². The molecule has 1 aliphatic rings. The number of rotatable bonds is 4. The molecule has 0 radical (unpaired) electrons. The molecule has 3 amide bonds. The van der Waals surface area contributed by atoms with E-state index in [9.17, 15) is 14.0 Å². The van der Waals surface area contributed by atoms with Crippen LogP contribution in [0.4, 0.5) is 14.9 Å². The molecule has 1 atom stereocenters. The summed E-state index contributed by atoms with van der Waals surface area (Å²) in [4.78, 5) is 26.6. The van der Waals surface area contributed by atoms with Crippen LogP contribution in [0.15, 0.2) is 46.9 Å². The van der Waals surface area contributed by atoms with E-state index < -0.39 is 5.82 Å². The Kier molecular flexibility index (Phi) is 6.67. The Hall–Kier alpha value is -2.41. The number of piperidine rings is 1. The van der Waals surface area contributed by atoms with E-state index in [1.165, 1.54) is 12.1 Å². The van der Waals surface area contributed by atoms with Gasteiger partial charge in [-0.3, -0.25) is 4.79 Å². The molecule has 0 aliphatic carbocycles. The second-order valence-electron chi connectivity index (χ2n) is 7.08. The molecule has 1 heterocycles. The molecule has 1 unspecified atom stereocenters. The third-order valence-corrected chi connectivity index (χ3v) is 5.52. The van der Waals surface area contributed by atoms with Crippen molar-refractivity contribution in [2.45, 2.75) is 19.8 Å². The summed E-state index contributed by atoms with van der Waals surface area (Å²) in [6, 6.07) is 11.4. The van der Waals surface area contributed by atoms with Crippen LogP contribution in [-0.4, -0.2) is 36.5 Å². The monoisotopic (exact) mass is 447 g/mol. The first kappa shape index (κ1) is 20.3. The maximum absolute atomic E-state index is 13.5. The smallest absolute Gasteiger partial charge is 0.319 e. The van der Waals surface area contributed by atoms with Crippen molar-refractivity contribution in [2.75, 3.05) is 25.0 Å². The third kappa shape index (κ3) is 5.32. The summed E-state index contributed by atoms with van der Waals surface area (Å²) in [5, 5.41) is 5.68. The van der Waals surface area contributed by atoms with Gasteiger partial charge in [-0.25, -0.2) is 9.18 Å². The molecular formula is C21H23BrFN3O2. The number of hydrogen-bond acceptors (Lipinski definition) is 2. The highest BCUT2D eigenvalue weighted by Gasteiger charge is 2.26. The molecule has 1 aliphatic heterocycles. The number of halogens is 2. The number of carbonyl (C=O) groups is 2. The first-order valence-corrected chi connectivity index (χ1v) is 10.1. The van der Waals surface area contributed by atoms with Crippen LogP contribution in [0.1, 0.15) is 28.8 Å². The van der Waals surface area contributed by atoms with Gasteiger partial charge in [-0.15, -0.1) is 0 Å². The fraction of sp³-hybridized carbons (Fsp3) is 0.333. The van der Waals surface area contributed by atoms with Crippen molar-refractivity contribution in [3.8, 4) is 0 Å². The molecular weight excluding hydrogens is 425 g/mol. The molecule has 2 aromatic carbocycles. The van der Waals surface area contributed by atoms with Gasteiger partial charge in [-0.2, -0.15) is 0 Å². The van der Waals surface area contributed by atoms with Crippen molar-refractivity contribution in [1.82, 2.24) is 10.2 Å². The zero-order chi connectivity index (χ0) is 20.1. The molecule has 28 heavy (non-hydrogen) atoms. The van der Waals surface area contributed by atoms with Gasteiger partial charge in [0.1, 0.15) is 5.82 Å². The Morgan fingerprint density at radius 2 is 1.96 bits per heavy atom. The predicted molar refractivity (Wildman–Crippen MR) is 111 cm³/mol. The zero-order valence-corrected chi connectivity index (χ0v) is 17.3. The number of urea groups is 1. The predicted octanol–water partition coefficient (Wildman–Crippen LogP) is 4.57. The molecule has 0 aromatic heterocycles. The molecule has 0 spiro atoms. The molecule has 148 valence electrons. The summed E-state index contributed by atoms with van der Waals surface area (Å²) < 4.78 is 14.1. The van der Waals surface area contributed by atoms with Gasteiger partial charge in [0, 0.05) is 29.8 Å². The number of likely N-dealkylation sites (tertiary alicyclic amines) is 1. The van der Waals surface area contributed by atoms with Gasteiger partial charge in [0.15, 0.2) is 0 Å². The van der Waals surface area contributed by atoms with E-state index in [1.807, 2.05) is 31.2 Å². The summed E-state index contributed by atoms with van der Waals surface area (Å²) >= 11 is 3.32.